The quantitative estimate of drug-likeness (QED) is 0.672. The Morgan fingerprint density at radius 3 is 2.58 bits per heavy atom. The minimum Gasteiger partial charge on any atom is -0.481 e. The van der Waals surface area contributed by atoms with Gasteiger partial charge >= 0.3 is 11.9 Å². The van der Waals surface area contributed by atoms with Crippen molar-refractivity contribution >= 4 is 11.9 Å². The van der Waals surface area contributed by atoms with Gasteiger partial charge in [0, 0.05) is 0 Å². The Morgan fingerprint density at radius 2 is 1.88 bits per heavy atom. The second-order valence-electron chi connectivity index (χ2n) is 8.40. The summed E-state index contributed by atoms with van der Waals surface area (Å²) in [5.74, 6) is 1.98. The van der Waals surface area contributed by atoms with Crippen LogP contribution in [0.4, 0.5) is 0 Å². The zero-order valence-electron chi connectivity index (χ0n) is 15.1. The fourth-order valence-corrected chi connectivity index (χ4v) is 5.70. The molecule has 0 spiro atoms. The first-order valence-corrected chi connectivity index (χ1v) is 9.94. The Hall–Kier alpha value is -1.06. The maximum Gasteiger partial charge on any atom is 0.308 e. The lowest BCUT2D eigenvalue weighted by molar-refractivity contribution is -0.157. The molecule has 0 amide bonds. The molecule has 3 rings (SSSR count). The van der Waals surface area contributed by atoms with Crippen LogP contribution in [0.25, 0.3) is 0 Å². The molecule has 136 valence electrons. The number of hydrogen-bond donors (Lipinski definition) is 1. The number of carbonyl (C=O) groups is 2. The van der Waals surface area contributed by atoms with E-state index in [9.17, 15) is 9.59 Å². The Morgan fingerprint density at radius 1 is 1.12 bits per heavy atom. The summed E-state index contributed by atoms with van der Waals surface area (Å²) >= 11 is 0. The van der Waals surface area contributed by atoms with E-state index in [1.54, 1.807) is 0 Å². The van der Waals surface area contributed by atoms with Crippen molar-refractivity contribution in [3.8, 4) is 0 Å². The van der Waals surface area contributed by atoms with E-state index in [2.05, 4.69) is 0 Å². The highest BCUT2D eigenvalue weighted by Crippen LogP contribution is 2.59. The highest BCUT2D eigenvalue weighted by Gasteiger charge is 2.55. The second kappa shape index (κ2) is 7.45. The van der Waals surface area contributed by atoms with E-state index in [4.69, 9.17) is 9.84 Å². The molecule has 2 bridgehead atoms. The van der Waals surface area contributed by atoms with Crippen LogP contribution < -0.4 is 0 Å². The summed E-state index contributed by atoms with van der Waals surface area (Å²) in [5, 5.41) is 9.08. The molecule has 0 aromatic rings. The van der Waals surface area contributed by atoms with Crippen LogP contribution in [0.3, 0.4) is 0 Å². The molecule has 0 heterocycles. The van der Waals surface area contributed by atoms with Gasteiger partial charge in [-0.25, -0.2) is 0 Å². The molecule has 3 aliphatic rings. The number of hydrogen-bond acceptors (Lipinski definition) is 3. The van der Waals surface area contributed by atoms with Crippen molar-refractivity contribution in [2.24, 2.45) is 35.5 Å². The normalized spacial score (nSPS) is 36.3. The average Bonchev–Trinajstić information content (AvgIpc) is 3.23. The monoisotopic (exact) mass is 336 g/mol. The van der Waals surface area contributed by atoms with Crippen molar-refractivity contribution in [2.45, 2.75) is 77.7 Å². The fourth-order valence-electron chi connectivity index (χ4n) is 5.70. The van der Waals surface area contributed by atoms with Gasteiger partial charge in [-0.1, -0.05) is 26.7 Å². The summed E-state index contributed by atoms with van der Waals surface area (Å²) < 4.78 is 5.89. The zero-order valence-corrected chi connectivity index (χ0v) is 15.1. The molecule has 0 radical (unpaired) electrons. The van der Waals surface area contributed by atoms with Crippen LogP contribution in [-0.2, 0) is 14.3 Å². The third kappa shape index (κ3) is 3.48. The number of esters is 1. The molecular formula is C20H32O4. The SMILES string of the molecule is CCC(CCCC(C)C(=O)OC1CC2CC1C1CCCC21)C(=O)O. The van der Waals surface area contributed by atoms with Gasteiger partial charge in [0.05, 0.1) is 11.8 Å². The van der Waals surface area contributed by atoms with E-state index in [1.807, 2.05) is 13.8 Å². The maximum atomic E-state index is 12.4. The number of carboxylic acid groups (broad SMARTS) is 1. The molecule has 3 aliphatic carbocycles. The van der Waals surface area contributed by atoms with E-state index < -0.39 is 5.97 Å². The topological polar surface area (TPSA) is 63.6 Å². The van der Waals surface area contributed by atoms with Crippen molar-refractivity contribution in [1.82, 2.24) is 0 Å². The van der Waals surface area contributed by atoms with Crippen molar-refractivity contribution < 1.29 is 19.4 Å². The molecule has 7 atom stereocenters. The fraction of sp³-hybridized carbons (Fsp3) is 0.900. The number of fused-ring (bicyclic) bond motifs is 5. The molecular weight excluding hydrogens is 304 g/mol. The van der Waals surface area contributed by atoms with Gasteiger partial charge in [-0.3, -0.25) is 9.59 Å². The molecule has 0 saturated heterocycles. The smallest absolute Gasteiger partial charge is 0.308 e. The standard InChI is InChI=1S/C20H32O4/c1-3-13(19(21)22)7-4-6-12(2)20(23)24-18-11-14-10-17(18)16-9-5-8-15(14)16/h12-18H,3-11H2,1-2H3,(H,21,22). The Balaban J connectivity index is 1.41. The molecule has 0 aromatic heterocycles. The lowest BCUT2D eigenvalue weighted by atomic mass is 9.80. The first kappa shape index (κ1) is 17.8. The van der Waals surface area contributed by atoms with Gasteiger partial charge in [0.1, 0.15) is 6.10 Å². The first-order valence-electron chi connectivity index (χ1n) is 9.94. The van der Waals surface area contributed by atoms with Gasteiger partial charge in [0.2, 0.25) is 0 Å². The van der Waals surface area contributed by atoms with E-state index in [0.29, 0.717) is 18.8 Å². The molecule has 3 fully saturated rings. The van der Waals surface area contributed by atoms with Gasteiger partial charge in [0.25, 0.3) is 0 Å². The van der Waals surface area contributed by atoms with Gasteiger partial charge < -0.3 is 9.84 Å². The predicted octanol–water partition coefficient (Wildman–Crippen LogP) is 4.27. The maximum absolute atomic E-state index is 12.4. The van der Waals surface area contributed by atoms with Gasteiger partial charge in [-0.05, 0) is 68.6 Å². The lowest BCUT2D eigenvalue weighted by Crippen LogP contribution is -2.33. The summed E-state index contributed by atoms with van der Waals surface area (Å²) in [5.41, 5.74) is 0. The molecule has 0 aromatic carbocycles. The third-order valence-corrected chi connectivity index (χ3v) is 7.07. The van der Waals surface area contributed by atoms with Crippen LogP contribution in [0, 0.1) is 35.5 Å². The van der Waals surface area contributed by atoms with Gasteiger partial charge in [-0.2, -0.15) is 0 Å². The summed E-state index contributed by atoms with van der Waals surface area (Å²) in [6.45, 7) is 3.83. The summed E-state index contributed by atoms with van der Waals surface area (Å²) in [6.07, 6.45) is 9.43. The van der Waals surface area contributed by atoms with E-state index >= 15 is 0 Å². The number of aliphatic carboxylic acids is 1. The summed E-state index contributed by atoms with van der Waals surface area (Å²) in [4.78, 5) is 23.5. The number of carboxylic acids is 1. The molecule has 4 heteroatoms. The lowest BCUT2D eigenvalue weighted by Gasteiger charge is -2.31. The second-order valence-corrected chi connectivity index (χ2v) is 8.40. The highest BCUT2D eigenvalue weighted by molar-refractivity contribution is 5.72. The van der Waals surface area contributed by atoms with Crippen LogP contribution >= 0.6 is 0 Å². The Kier molecular flexibility index (Phi) is 5.51. The van der Waals surface area contributed by atoms with Crippen LogP contribution in [0.5, 0.6) is 0 Å². The van der Waals surface area contributed by atoms with Crippen LogP contribution in [-0.4, -0.2) is 23.1 Å². The van der Waals surface area contributed by atoms with Crippen LogP contribution in [0.1, 0.15) is 71.6 Å². The van der Waals surface area contributed by atoms with E-state index in [1.165, 1.54) is 25.7 Å². The molecule has 3 saturated carbocycles. The first-order chi connectivity index (χ1) is 11.5. The van der Waals surface area contributed by atoms with E-state index in [0.717, 1.165) is 37.0 Å². The molecule has 4 nitrogen and oxygen atoms in total. The minimum atomic E-state index is -0.721. The number of rotatable bonds is 8. The molecule has 24 heavy (non-hydrogen) atoms. The van der Waals surface area contributed by atoms with Crippen molar-refractivity contribution in [2.75, 3.05) is 0 Å². The zero-order chi connectivity index (χ0) is 17.3. The van der Waals surface area contributed by atoms with Crippen molar-refractivity contribution in [1.29, 1.82) is 0 Å². The summed E-state index contributed by atoms with van der Waals surface area (Å²) in [6, 6.07) is 0. The van der Waals surface area contributed by atoms with Gasteiger partial charge in [-0.15, -0.1) is 0 Å². The average molecular weight is 336 g/mol. The third-order valence-electron chi connectivity index (χ3n) is 7.07. The van der Waals surface area contributed by atoms with Crippen LogP contribution in [0.2, 0.25) is 0 Å². The molecule has 1 N–H and O–H groups in total. The Bertz CT molecular complexity index is 474. The number of ether oxygens (including phenoxy) is 1. The van der Waals surface area contributed by atoms with Gasteiger partial charge in [0.15, 0.2) is 0 Å². The molecule has 0 aliphatic heterocycles. The van der Waals surface area contributed by atoms with Crippen molar-refractivity contribution in [3.05, 3.63) is 0 Å². The largest absolute Gasteiger partial charge is 0.481 e. The van der Waals surface area contributed by atoms with Crippen molar-refractivity contribution in [3.63, 3.8) is 0 Å². The molecule has 7 unspecified atom stereocenters. The number of carbonyl (C=O) groups excluding carboxylic acids is 1. The van der Waals surface area contributed by atoms with E-state index in [-0.39, 0.29) is 23.9 Å². The highest BCUT2D eigenvalue weighted by atomic mass is 16.5. The summed E-state index contributed by atoms with van der Waals surface area (Å²) in [7, 11) is 0. The Labute approximate surface area is 145 Å². The van der Waals surface area contributed by atoms with Crippen LogP contribution in [0.15, 0.2) is 0 Å². The predicted molar refractivity (Wildman–Crippen MR) is 91.4 cm³/mol. The minimum absolute atomic E-state index is 0.0644.